The van der Waals surface area contributed by atoms with Gasteiger partial charge in [0.1, 0.15) is 5.08 Å². The maximum Gasteiger partial charge on any atom is 1.00 e. The summed E-state index contributed by atoms with van der Waals surface area (Å²) >= 11 is 0. The van der Waals surface area contributed by atoms with Crippen molar-refractivity contribution in [2.45, 2.75) is 25.0 Å². The molecule has 14 heteroatoms. The van der Waals surface area contributed by atoms with Crippen LogP contribution in [-0.4, -0.2) is 16.2 Å². The van der Waals surface area contributed by atoms with E-state index in [1.165, 1.54) is 13.8 Å². The van der Waals surface area contributed by atoms with Gasteiger partial charge in [0.2, 0.25) is 0 Å². The Morgan fingerprint density at radius 1 is 0.947 bits per heavy atom. The fraction of sp³-hybridized carbons (Fsp3) is 1.00. The van der Waals surface area contributed by atoms with Crippen LogP contribution in [-0.2, 0) is 9.13 Å². The molecule has 8 nitrogen and oxygen atoms in total. The van der Waals surface area contributed by atoms with Gasteiger partial charge in [-0.05, 0) is 21.1 Å². The minimum Gasteiger partial charge on any atom is -0.808 e. The van der Waals surface area contributed by atoms with Gasteiger partial charge in [-0.3, -0.25) is 0 Å². The molecular formula is C5H11NNa4O7P2. The number of nitrogens with two attached hydrogens (primary N) is 1. The van der Waals surface area contributed by atoms with Crippen molar-refractivity contribution >= 4 is 15.2 Å². The van der Waals surface area contributed by atoms with Crippen LogP contribution in [0.3, 0.4) is 0 Å². The van der Waals surface area contributed by atoms with Gasteiger partial charge in [-0.1, -0.05) is 13.8 Å². The largest absolute Gasteiger partial charge is 1.00 e. The molecule has 1 atom stereocenters. The van der Waals surface area contributed by atoms with E-state index in [0.717, 1.165) is 0 Å². The molecule has 0 aliphatic carbocycles. The van der Waals surface area contributed by atoms with Crippen LogP contribution in [0, 0.1) is 5.92 Å². The van der Waals surface area contributed by atoms with E-state index in [4.69, 9.17) is 5.73 Å². The van der Waals surface area contributed by atoms with Gasteiger partial charge in [0.15, 0.2) is 0 Å². The smallest absolute Gasteiger partial charge is 0.808 e. The summed E-state index contributed by atoms with van der Waals surface area (Å²) in [6, 6.07) is -1.99. The van der Waals surface area contributed by atoms with Crippen LogP contribution < -0.4 is 144 Å². The number of hydrogen-bond acceptors (Lipinski definition) is 8. The maximum atomic E-state index is 10.6. The van der Waals surface area contributed by atoms with Gasteiger partial charge in [0, 0.05) is 6.04 Å². The molecule has 0 rings (SSSR count). The van der Waals surface area contributed by atoms with Crippen molar-refractivity contribution in [3.63, 3.8) is 0 Å². The third kappa shape index (κ3) is 8.75. The molecule has 0 saturated heterocycles. The fourth-order valence-corrected chi connectivity index (χ4v) is 3.49. The van der Waals surface area contributed by atoms with Crippen LogP contribution >= 0.6 is 15.2 Å². The second kappa shape index (κ2) is 12.6. The van der Waals surface area contributed by atoms with Crippen molar-refractivity contribution in [2.24, 2.45) is 11.7 Å². The molecule has 0 unspecified atom stereocenters. The third-order valence-electron chi connectivity index (χ3n) is 1.97. The van der Waals surface area contributed by atoms with E-state index in [1.54, 1.807) is 0 Å². The van der Waals surface area contributed by atoms with Crippen LogP contribution in [0.5, 0.6) is 0 Å². The van der Waals surface area contributed by atoms with E-state index in [0.29, 0.717) is 0 Å². The summed E-state index contributed by atoms with van der Waals surface area (Å²) in [4.78, 5) is 42.5. The van der Waals surface area contributed by atoms with Crippen molar-refractivity contribution < 1.29 is 152 Å². The average Bonchev–Trinajstić information content (AvgIpc) is 1.96. The topological polar surface area (TPSA) is 173 Å². The van der Waals surface area contributed by atoms with Gasteiger partial charge < -0.3 is 39.5 Å². The Kier molecular flexibility index (Phi) is 22.8. The van der Waals surface area contributed by atoms with Crippen molar-refractivity contribution in [3.05, 3.63) is 0 Å². The normalized spacial score (nSPS) is 13.3. The Hall–Kier alpha value is 4.22. The van der Waals surface area contributed by atoms with Crippen molar-refractivity contribution in [3.8, 4) is 0 Å². The first-order valence-electron chi connectivity index (χ1n) is 3.88. The van der Waals surface area contributed by atoms with E-state index in [9.17, 15) is 33.8 Å². The number of rotatable bonds is 4. The van der Waals surface area contributed by atoms with Crippen LogP contribution in [0.25, 0.3) is 0 Å². The maximum absolute atomic E-state index is 10.6. The van der Waals surface area contributed by atoms with Gasteiger partial charge in [-0.15, -0.1) is 0 Å². The number of aliphatic hydroxyl groups is 1. The second-order valence-electron chi connectivity index (χ2n) is 3.45. The van der Waals surface area contributed by atoms with E-state index in [2.05, 4.69) is 0 Å². The zero-order valence-electron chi connectivity index (χ0n) is 12.0. The Morgan fingerprint density at radius 3 is 1.21 bits per heavy atom. The first-order valence-corrected chi connectivity index (χ1v) is 6.96. The number of hydrogen-bond donors (Lipinski definition) is 2. The molecule has 0 aromatic carbocycles. The molecule has 0 fully saturated rings. The zero-order chi connectivity index (χ0) is 12.7. The molecule has 0 heterocycles. The average molecular weight is 351 g/mol. The molecule has 0 bridgehead atoms. The standard InChI is InChI=1S/C5H15NO7P2.4Na/c1-3(2)4(6)5(7,14(8,9)10)15(11,12)13;;;;/h3-4,7H,6H2,1-2H3,(H2,8,9,10)(H2,11,12,13);;;;/q;4*+1/p-4/t4-;;;;/m0..../s1. The molecule has 0 aromatic rings. The monoisotopic (exact) mass is 351 g/mol. The summed E-state index contributed by atoms with van der Waals surface area (Å²) in [5.41, 5.74) is 5.07. The molecule has 92 valence electrons. The molecule has 0 saturated carbocycles. The minimum absolute atomic E-state index is 0. The van der Waals surface area contributed by atoms with Crippen LogP contribution in [0.4, 0.5) is 0 Å². The molecule has 3 N–H and O–H groups in total. The fourth-order valence-electron chi connectivity index (χ4n) is 0.962. The first kappa shape index (κ1) is 34.5. The summed E-state index contributed by atoms with van der Waals surface area (Å²) in [5, 5.41) is 5.24. The molecular weight excluding hydrogens is 340 g/mol. The Bertz CT molecular complexity index is 309. The summed E-state index contributed by atoms with van der Waals surface area (Å²) in [6.45, 7) is 2.53. The molecule has 0 aliphatic heterocycles. The van der Waals surface area contributed by atoms with Gasteiger partial charge in [0.25, 0.3) is 0 Å². The van der Waals surface area contributed by atoms with Crippen molar-refractivity contribution in [1.82, 2.24) is 0 Å². The van der Waals surface area contributed by atoms with Crippen LogP contribution in [0.1, 0.15) is 13.8 Å². The van der Waals surface area contributed by atoms with Crippen LogP contribution in [0.2, 0.25) is 0 Å². The Balaban J connectivity index is -0.000000163. The minimum atomic E-state index is -6.08. The SMILES string of the molecule is CC(C)[C@H](N)C(O)(P(=O)([O-])[O-])P(=O)([O-])[O-].[Na+].[Na+].[Na+].[Na+]. The summed E-state index contributed by atoms with van der Waals surface area (Å²) in [5.74, 6) is -0.873. The third-order valence-corrected chi connectivity index (χ3v) is 5.65. The van der Waals surface area contributed by atoms with E-state index in [-0.39, 0.29) is 118 Å². The molecule has 0 amide bonds. The van der Waals surface area contributed by atoms with Crippen molar-refractivity contribution in [2.75, 3.05) is 0 Å². The molecule has 0 spiro atoms. The van der Waals surface area contributed by atoms with Crippen molar-refractivity contribution in [1.29, 1.82) is 0 Å². The van der Waals surface area contributed by atoms with E-state index in [1.807, 2.05) is 0 Å². The predicted octanol–water partition coefficient (Wildman–Crippen LogP) is -15.5. The first-order chi connectivity index (χ1) is 6.35. The summed E-state index contributed by atoms with van der Waals surface area (Å²) in [7, 11) is -12.2. The second-order valence-corrected chi connectivity index (χ2v) is 7.16. The summed E-state index contributed by atoms with van der Waals surface area (Å²) < 4.78 is 21.2. The Morgan fingerprint density at radius 2 is 1.16 bits per heavy atom. The molecule has 19 heavy (non-hydrogen) atoms. The molecule has 0 aromatic heterocycles. The predicted molar refractivity (Wildman–Crippen MR) is 43.0 cm³/mol. The molecule has 0 radical (unpaired) electrons. The van der Waals surface area contributed by atoms with E-state index < -0.39 is 32.2 Å². The van der Waals surface area contributed by atoms with E-state index >= 15 is 0 Å². The van der Waals surface area contributed by atoms with Gasteiger partial charge in [-0.25, -0.2) is 0 Å². The Labute approximate surface area is 200 Å². The zero-order valence-corrected chi connectivity index (χ0v) is 21.8. The quantitative estimate of drug-likeness (QED) is 0.371. The molecule has 0 aliphatic rings. The summed E-state index contributed by atoms with van der Waals surface area (Å²) in [6.07, 6.45) is 0. The van der Waals surface area contributed by atoms with Crippen LogP contribution in [0.15, 0.2) is 0 Å². The van der Waals surface area contributed by atoms with Gasteiger partial charge >= 0.3 is 118 Å². The van der Waals surface area contributed by atoms with Gasteiger partial charge in [0.05, 0.1) is 0 Å². The van der Waals surface area contributed by atoms with Gasteiger partial charge in [-0.2, -0.15) is 0 Å².